The van der Waals surface area contributed by atoms with E-state index in [1.807, 2.05) is 6.92 Å². The molecule has 0 amide bonds. The predicted octanol–water partition coefficient (Wildman–Crippen LogP) is 3.38. The standard InChI is InChI=1S/C15H15FN2O3/c1-2-17(15-6-4-3-5-13(15)16)12-7-8-14(18(20)21)11(9-12)10-19/h3-9,19H,2,10H2,1H3. The number of hydrogen-bond acceptors (Lipinski definition) is 4. The molecule has 1 N–H and O–H groups in total. The number of benzene rings is 2. The number of nitrogens with zero attached hydrogens (tertiary/aromatic N) is 2. The van der Waals surface area contributed by atoms with Crippen molar-refractivity contribution in [2.45, 2.75) is 13.5 Å². The summed E-state index contributed by atoms with van der Waals surface area (Å²) in [5, 5.41) is 20.2. The smallest absolute Gasteiger partial charge is 0.275 e. The zero-order valence-electron chi connectivity index (χ0n) is 11.5. The second-order valence-corrected chi connectivity index (χ2v) is 4.42. The largest absolute Gasteiger partial charge is 0.391 e. The molecule has 0 aromatic heterocycles. The molecule has 0 aliphatic heterocycles. The number of para-hydroxylation sites is 1. The van der Waals surface area contributed by atoms with Crippen LogP contribution in [0.1, 0.15) is 12.5 Å². The van der Waals surface area contributed by atoms with E-state index in [-0.39, 0.29) is 17.1 Å². The summed E-state index contributed by atoms with van der Waals surface area (Å²) >= 11 is 0. The Morgan fingerprint density at radius 3 is 2.57 bits per heavy atom. The van der Waals surface area contributed by atoms with Crippen LogP contribution in [0.2, 0.25) is 0 Å². The molecule has 0 spiro atoms. The maximum atomic E-state index is 13.9. The quantitative estimate of drug-likeness (QED) is 0.677. The second kappa shape index (κ2) is 6.32. The van der Waals surface area contributed by atoms with Gasteiger partial charge in [-0.2, -0.15) is 0 Å². The second-order valence-electron chi connectivity index (χ2n) is 4.42. The van der Waals surface area contributed by atoms with Crippen LogP contribution in [0.4, 0.5) is 21.5 Å². The van der Waals surface area contributed by atoms with Crippen molar-refractivity contribution in [3.8, 4) is 0 Å². The third-order valence-corrected chi connectivity index (χ3v) is 3.20. The topological polar surface area (TPSA) is 66.6 Å². The van der Waals surface area contributed by atoms with Crippen molar-refractivity contribution in [2.24, 2.45) is 0 Å². The van der Waals surface area contributed by atoms with E-state index in [1.54, 1.807) is 29.2 Å². The van der Waals surface area contributed by atoms with Crippen LogP contribution in [-0.4, -0.2) is 16.6 Å². The van der Waals surface area contributed by atoms with E-state index >= 15 is 0 Å². The highest BCUT2D eigenvalue weighted by Crippen LogP contribution is 2.31. The maximum Gasteiger partial charge on any atom is 0.275 e. The summed E-state index contributed by atoms with van der Waals surface area (Å²) in [6.07, 6.45) is 0. The van der Waals surface area contributed by atoms with E-state index in [4.69, 9.17) is 0 Å². The molecule has 0 saturated heterocycles. The lowest BCUT2D eigenvalue weighted by Gasteiger charge is -2.24. The van der Waals surface area contributed by atoms with Crippen LogP contribution in [0.5, 0.6) is 0 Å². The van der Waals surface area contributed by atoms with Gasteiger partial charge in [-0.05, 0) is 31.2 Å². The van der Waals surface area contributed by atoms with Crippen LogP contribution in [0.15, 0.2) is 42.5 Å². The number of rotatable bonds is 5. The molecular formula is C15H15FN2O3. The zero-order valence-corrected chi connectivity index (χ0v) is 11.5. The van der Waals surface area contributed by atoms with E-state index in [2.05, 4.69) is 0 Å². The van der Waals surface area contributed by atoms with Gasteiger partial charge in [0.1, 0.15) is 5.82 Å². The molecule has 0 aliphatic rings. The first-order valence-electron chi connectivity index (χ1n) is 6.48. The highest BCUT2D eigenvalue weighted by Gasteiger charge is 2.17. The molecule has 21 heavy (non-hydrogen) atoms. The summed E-state index contributed by atoms with van der Waals surface area (Å²) in [4.78, 5) is 12.0. The normalized spacial score (nSPS) is 10.4. The minimum absolute atomic E-state index is 0.147. The van der Waals surface area contributed by atoms with E-state index in [0.29, 0.717) is 17.9 Å². The average Bonchev–Trinajstić information content (AvgIpc) is 2.49. The first kappa shape index (κ1) is 14.9. The van der Waals surface area contributed by atoms with Crippen molar-refractivity contribution in [1.82, 2.24) is 0 Å². The van der Waals surface area contributed by atoms with Crippen LogP contribution in [-0.2, 0) is 6.61 Å². The van der Waals surface area contributed by atoms with Gasteiger partial charge < -0.3 is 10.0 Å². The first-order valence-corrected chi connectivity index (χ1v) is 6.48. The molecule has 6 heteroatoms. The molecule has 0 aliphatic carbocycles. The van der Waals surface area contributed by atoms with Crippen molar-refractivity contribution in [2.75, 3.05) is 11.4 Å². The molecule has 110 valence electrons. The summed E-state index contributed by atoms with van der Waals surface area (Å²) in [6.45, 7) is 1.90. The fourth-order valence-electron chi connectivity index (χ4n) is 2.21. The van der Waals surface area contributed by atoms with Gasteiger partial charge >= 0.3 is 0 Å². The third kappa shape index (κ3) is 3.00. The Morgan fingerprint density at radius 1 is 1.29 bits per heavy atom. The van der Waals surface area contributed by atoms with Gasteiger partial charge in [-0.15, -0.1) is 0 Å². The molecule has 2 aromatic carbocycles. The van der Waals surface area contributed by atoms with Gasteiger partial charge in [0.05, 0.1) is 22.8 Å². The summed E-state index contributed by atoms with van der Waals surface area (Å²) in [7, 11) is 0. The van der Waals surface area contributed by atoms with E-state index < -0.39 is 11.5 Å². The van der Waals surface area contributed by atoms with Crippen molar-refractivity contribution in [3.05, 3.63) is 64.0 Å². The molecule has 0 fully saturated rings. The van der Waals surface area contributed by atoms with E-state index in [0.717, 1.165) is 0 Å². The number of nitro benzene ring substituents is 1. The van der Waals surface area contributed by atoms with Crippen molar-refractivity contribution >= 4 is 17.1 Å². The molecule has 5 nitrogen and oxygen atoms in total. The fourth-order valence-corrected chi connectivity index (χ4v) is 2.21. The maximum absolute atomic E-state index is 13.9. The Kier molecular flexibility index (Phi) is 4.49. The summed E-state index contributed by atoms with van der Waals surface area (Å²) < 4.78 is 13.9. The number of aliphatic hydroxyl groups is 1. The van der Waals surface area contributed by atoms with Gasteiger partial charge in [-0.1, -0.05) is 12.1 Å². The number of nitro groups is 1. The third-order valence-electron chi connectivity index (χ3n) is 3.20. The van der Waals surface area contributed by atoms with Gasteiger partial charge in [-0.3, -0.25) is 10.1 Å². The Hall–Kier alpha value is -2.47. The monoisotopic (exact) mass is 290 g/mol. The highest BCUT2D eigenvalue weighted by atomic mass is 19.1. The Morgan fingerprint density at radius 2 is 2.00 bits per heavy atom. The lowest BCUT2D eigenvalue weighted by Crippen LogP contribution is -2.17. The van der Waals surface area contributed by atoms with Crippen LogP contribution in [0.3, 0.4) is 0 Å². The van der Waals surface area contributed by atoms with Crippen LogP contribution >= 0.6 is 0 Å². The Balaban J connectivity index is 2.49. The van der Waals surface area contributed by atoms with Gasteiger partial charge in [0.15, 0.2) is 0 Å². The molecule has 0 radical (unpaired) electrons. The first-order chi connectivity index (χ1) is 10.1. The van der Waals surface area contributed by atoms with Crippen molar-refractivity contribution < 1.29 is 14.4 Å². The lowest BCUT2D eigenvalue weighted by molar-refractivity contribution is -0.385. The predicted molar refractivity (Wildman–Crippen MR) is 78.1 cm³/mol. The number of hydrogen-bond donors (Lipinski definition) is 1. The van der Waals surface area contributed by atoms with Crippen LogP contribution in [0, 0.1) is 15.9 Å². The summed E-state index contributed by atoms with van der Waals surface area (Å²) in [5.74, 6) is -0.372. The number of anilines is 2. The van der Waals surface area contributed by atoms with Crippen molar-refractivity contribution in [1.29, 1.82) is 0 Å². The molecular weight excluding hydrogens is 275 g/mol. The number of aliphatic hydroxyl groups excluding tert-OH is 1. The molecule has 0 bridgehead atoms. The summed E-state index contributed by atoms with van der Waals surface area (Å²) in [6, 6.07) is 10.7. The molecule has 2 rings (SSSR count). The molecule has 0 saturated carbocycles. The molecule has 2 aromatic rings. The SMILES string of the molecule is CCN(c1ccc([N+](=O)[O-])c(CO)c1)c1ccccc1F. The van der Waals surface area contributed by atoms with Crippen molar-refractivity contribution in [3.63, 3.8) is 0 Å². The lowest BCUT2D eigenvalue weighted by atomic mass is 10.1. The van der Waals surface area contributed by atoms with Gasteiger partial charge in [-0.25, -0.2) is 4.39 Å². The Labute approximate surface area is 121 Å². The molecule has 0 unspecified atom stereocenters. The Bertz CT molecular complexity index is 661. The minimum atomic E-state index is -0.547. The number of halogens is 1. The van der Waals surface area contributed by atoms with Crippen LogP contribution < -0.4 is 4.90 Å². The van der Waals surface area contributed by atoms with E-state index in [1.165, 1.54) is 18.2 Å². The average molecular weight is 290 g/mol. The highest BCUT2D eigenvalue weighted by molar-refractivity contribution is 5.66. The zero-order chi connectivity index (χ0) is 15.4. The molecule has 0 heterocycles. The van der Waals surface area contributed by atoms with Gasteiger partial charge in [0.2, 0.25) is 0 Å². The minimum Gasteiger partial charge on any atom is -0.391 e. The van der Waals surface area contributed by atoms with Gasteiger partial charge in [0, 0.05) is 18.3 Å². The fraction of sp³-hybridized carbons (Fsp3) is 0.200. The van der Waals surface area contributed by atoms with Gasteiger partial charge in [0.25, 0.3) is 5.69 Å². The van der Waals surface area contributed by atoms with E-state index in [9.17, 15) is 19.6 Å². The summed E-state index contributed by atoms with van der Waals surface area (Å²) in [5.41, 5.74) is 1.04. The molecule has 0 atom stereocenters. The van der Waals surface area contributed by atoms with Crippen LogP contribution in [0.25, 0.3) is 0 Å².